The molecule has 0 saturated carbocycles. The van der Waals surface area contributed by atoms with Crippen molar-refractivity contribution in [2.24, 2.45) is 5.92 Å². The molecule has 3 N–H and O–H groups in total. The number of likely N-dealkylation sites (tertiary alicyclic amines) is 1. The fourth-order valence-electron chi connectivity index (χ4n) is 2.78. The third kappa shape index (κ3) is 4.94. The number of carboxylic acids is 1. The lowest BCUT2D eigenvalue weighted by molar-refractivity contribution is -0.146. The Morgan fingerprint density at radius 1 is 1.30 bits per heavy atom. The Hall–Kier alpha value is -2.12. The first kappa shape index (κ1) is 17.2. The lowest BCUT2D eigenvalue weighted by atomic mass is 9.94. The number of ether oxygens (including phenoxy) is 1. The van der Waals surface area contributed by atoms with E-state index in [9.17, 15) is 14.7 Å². The molecule has 0 spiro atoms. The van der Waals surface area contributed by atoms with Crippen molar-refractivity contribution in [2.75, 3.05) is 19.7 Å². The normalized spacial score (nSPS) is 21.6. The zero-order chi connectivity index (χ0) is 16.7. The van der Waals surface area contributed by atoms with Crippen LogP contribution in [0.3, 0.4) is 0 Å². The zero-order valence-electron chi connectivity index (χ0n) is 12.9. The maximum atomic E-state index is 12.0. The number of hydrogen-bond donors (Lipinski definition) is 3. The van der Waals surface area contributed by atoms with Gasteiger partial charge in [-0.2, -0.15) is 0 Å². The predicted molar refractivity (Wildman–Crippen MR) is 82.6 cm³/mol. The first-order valence-electron chi connectivity index (χ1n) is 7.66. The van der Waals surface area contributed by atoms with Gasteiger partial charge >= 0.3 is 12.1 Å². The second-order valence-corrected chi connectivity index (χ2v) is 5.50. The molecular formula is C16H22N2O5. The van der Waals surface area contributed by atoms with Gasteiger partial charge in [-0.15, -0.1) is 0 Å². The average Bonchev–Trinajstić information content (AvgIpc) is 2.55. The molecule has 7 heteroatoms. The summed E-state index contributed by atoms with van der Waals surface area (Å²) < 4.78 is 5.15. The van der Waals surface area contributed by atoms with Crippen LogP contribution in [0.5, 0.6) is 0 Å². The van der Waals surface area contributed by atoms with Crippen molar-refractivity contribution in [1.82, 2.24) is 10.2 Å². The minimum atomic E-state index is -0.957. The Kier molecular flexibility index (Phi) is 6.37. The van der Waals surface area contributed by atoms with Gasteiger partial charge in [0.15, 0.2) is 0 Å². The van der Waals surface area contributed by atoms with Gasteiger partial charge in [0.2, 0.25) is 0 Å². The number of rotatable bonds is 6. The molecule has 1 fully saturated rings. The van der Waals surface area contributed by atoms with Crippen molar-refractivity contribution >= 4 is 12.1 Å². The minimum absolute atomic E-state index is 0.0937. The van der Waals surface area contributed by atoms with Crippen LogP contribution in [0.15, 0.2) is 30.3 Å². The number of β-amino-alcohol motifs (C(OH)–C–C–N with tert-alkyl or cyclic N) is 1. The highest BCUT2D eigenvalue weighted by atomic mass is 16.5. The number of piperidine rings is 1. The van der Waals surface area contributed by atoms with Crippen molar-refractivity contribution in [1.29, 1.82) is 0 Å². The number of carbonyl (C=O) groups is 2. The summed E-state index contributed by atoms with van der Waals surface area (Å²) in [5, 5.41) is 21.1. The Bertz CT molecular complexity index is 520. The van der Waals surface area contributed by atoms with Gasteiger partial charge in [0.1, 0.15) is 6.61 Å². The van der Waals surface area contributed by atoms with Crippen LogP contribution in [0, 0.1) is 5.92 Å². The fraction of sp³-hybridized carbons (Fsp3) is 0.500. The quantitative estimate of drug-likeness (QED) is 0.723. The van der Waals surface area contributed by atoms with Gasteiger partial charge in [-0.25, -0.2) is 4.79 Å². The number of alkyl carbamates (subject to hydrolysis) is 1. The predicted octanol–water partition coefficient (Wildman–Crippen LogP) is 1.03. The molecule has 1 aliphatic heterocycles. The summed E-state index contributed by atoms with van der Waals surface area (Å²) in [4.78, 5) is 25.2. The largest absolute Gasteiger partial charge is 0.481 e. The van der Waals surface area contributed by atoms with Crippen molar-refractivity contribution < 1.29 is 24.5 Å². The smallest absolute Gasteiger partial charge is 0.408 e. The summed E-state index contributed by atoms with van der Waals surface area (Å²) >= 11 is 0. The first-order valence-corrected chi connectivity index (χ1v) is 7.66. The van der Waals surface area contributed by atoms with E-state index in [0.717, 1.165) is 5.56 Å². The zero-order valence-corrected chi connectivity index (χ0v) is 12.9. The number of aliphatic hydroxyl groups is 1. The van der Waals surface area contributed by atoms with Crippen LogP contribution in [0.2, 0.25) is 0 Å². The molecular weight excluding hydrogens is 300 g/mol. The van der Waals surface area contributed by atoms with Gasteiger partial charge < -0.3 is 20.3 Å². The molecule has 1 saturated heterocycles. The van der Waals surface area contributed by atoms with Crippen LogP contribution >= 0.6 is 0 Å². The molecule has 2 unspecified atom stereocenters. The summed E-state index contributed by atoms with van der Waals surface area (Å²) in [6.07, 6.45) is -0.124. The third-order valence-electron chi connectivity index (χ3n) is 3.92. The van der Waals surface area contributed by atoms with E-state index in [2.05, 4.69) is 5.32 Å². The Morgan fingerprint density at radius 2 is 2.04 bits per heavy atom. The number of amides is 1. The molecule has 23 heavy (non-hydrogen) atoms. The van der Waals surface area contributed by atoms with Crippen molar-refractivity contribution in [3.8, 4) is 0 Å². The number of carboxylic acid groups (broad SMARTS) is 1. The van der Waals surface area contributed by atoms with Crippen LogP contribution in [-0.2, 0) is 16.1 Å². The molecule has 1 aliphatic rings. The van der Waals surface area contributed by atoms with E-state index in [1.807, 2.05) is 30.3 Å². The highest BCUT2D eigenvalue weighted by molar-refractivity contribution is 5.73. The molecule has 0 radical (unpaired) electrons. The van der Waals surface area contributed by atoms with Crippen molar-refractivity contribution in [2.45, 2.75) is 25.6 Å². The van der Waals surface area contributed by atoms with E-state index >= 15 is 0 Å². The van der Waals surface area contributed by atoms with Crippen LogP contribution < -0.4 is 5.32 Å². The van der Waals surface area contributed by atoms with Crippen molar-refractivity contribution in [3.05, 3.63) is 35.9 Å². The van der Waals surface area contributed by atoms with Gasteiger partial charge in [0, 0.05) is 13.1 Å². The van der Waals surface area contributed by atoms with Crippen LogP contribution in [-0.4, -0.2) is 53.0 Å². The summed E-state index contributed by atoms with van der Waals surface area (Å²) in [6, 6.07) is 9.25. The number of aliphatic carboxylic acids is 1. The van der Waals surface area contributed by atoms with Crippen LogP contribution in [0.25, 0.3) is 0 Å². The van der Waals surface area contributed by atoms with Crippen LogP contribution in [0.1, 0.15) is 18.4 Å². The maximum absolute atomic E-state index is 12.0. The molecule has 1 amide bonds. The Balaban J connectivity index is 1.95. The second-order valence-electron chi connectivity index (χ2n) is 5.50. The monoisotopic (exact) mass is 322 g/mol. The highest BCUT2D eigenvalue weighted by Crippen LogP contribution is 2.22. The first-order chi connectivity index (χ1) is 11.1. The number of aliphatic hydroxyl groups excluding tert-OH is 1. The van der Waals surface area contributed by atoms with E-state index in [1.54, 1.807) is 4.90 Å². The second kappa shape index (κ2) is 8.50. The summed E-state index contributed by atoms with van der Waals surface area (Å²) in [6.45, 7) is 0.974. The number of hydrogen-bond acceptors (Lipinski definition) is 5. The Morgan fingerprint density at radius 3 is 2.70 bits per heavy atom. The molecule has 1 heterocycles. The van der Waals surface area contributed by atoms with Gasteiger partial charge in [-0.3, -0.25) is 9.69 Å². The topological polar surface area (TPSA) is 99.1 Å². The number of benzene rings is 1. The number of nitrogens with one attached hydrogen (secondary N) is 1. The standard InChI is InChI=1S/C16H22N2O5/c19-10-9-18-8-4-7-13(15(20)21)14(18)17-16(22)23-11-12-5-2-1-3-6-12/h1-3,5-6,13-14,19H,4,7-11H2,(H,17,22)(H,20,21). The van der Waals surface area contributed by atoms with Gasteiger partial charge in [-0.05, 0) is 18.4 Å². The fourth-order valence-corrected chi connectivity index (χ4v) is 2.78. The summed E-state index contributed by atoms with van der Waals surface area (Å²) in [5.74, 6) is -1.67. The molecule has 1 aromatic rings. The van der Waals surface area contributed by atoms with E-state index in [4.69, 9.17) is 9.84 Å². The van der Waals surface area contributed by atoms with E-state index in [1.165, 1.54) is 0 Å². The molecule has 2 atom stereocenters. The number of carbonyl (C=O) groups excluding carboxylic acids is 1. The molecule has 7 nitrogen and oxygen atoms in total. The van der Waals surface area contributed by atoms with Gasteiger partial charge in [0.05, 0.1) is 18.7 Å². The lowest BCUT2D eigenvalue weighted by Gasteiger charge is -2.39. The molecule has 2 rings (SSSR count). The molecule has 126 valence electrons. The average molecular weight is 322 g/mol. The SMILES string of the molecule is O=C(NC1C(C(=O)O)CCCN1CCO)OCc1ccccc1. The van der Waals surface area contributed by atoms with Gasteiger partial charge in [0.25, 0.3) is 0 Å². The van der Waals surface area contributed by atoms with Gasteiger partial charge in [-0.1, -0.05) is 30.3 Å². The van der Waals surface area contributed by atoms with E-state index in [-0.39, 0.29) is 13.2 Å². The van der Waals surface area contributed by atoms with E-state index in [0.29, 0.717) is 25.9 Å². The van der Waals surface area contributed by atoms with Crippen molar-refractivity contribution in [3.63, 3.8) is 0 Å². The molecule has 0 aliphatic carbocycles. The molecule has 0 bridgehead atoms. The molecule has 0 aromatic heterocycles. The van der Waals surface area contributed by atoms with E-state index < -0.39 is 24.1 Å². The summed E-state index contributed by atoms with van der Waals surface area (Å²) in [7, 11) is 0. The third-order valence-corrected chi connectivity index (χ3v) is 3.92. The Labute approximate surface area is 134 Å². The highest BCUT2D eigenvalue weighted by Gasteiger charge is 2.37. The minimum Gasteiger partial charge on any atom is -0.481 e. The molecule has 1 aromatic carbocycles. The summed E-state index contributed by atoms with van der Waals surface area (Å²) in [5.41, 5.74) is 0.855. The number of nitrogens with zero attached hydrogens (tertiary/aromatic N) is 1. The maximum Gasteiger partial charge on any atom is 0.408 e. The van der Waals surface area contributed by atoms with Crippen LogP contribution in [0.4, 0.5) is 4.79 Å². The lowest BCUT2D eigenvalue weighted by Crippen LogP contribution is -2.57.